The lowest BCUT2D eigenvalue weighted by molar-refractivity contribution is -0.706. The van der Waals surface area contributed by atoms with Gasteiger partial charge in [0.15, 0.2) is 18.5 Å². The molecule has 0 saturated heterocycles. The quantitative estimate of drug-likeness (QED) is 0.423. The number of nitrogens with zero attached hydrogens (tertiary/aromatic N) is 3. The summed E-state index contributed by atoms with van der Waals surface area (Å²) in [7, 11) is 1.73. The summed E-state index contributed by atoms with van der Waals surface area (Å²) in [5, 5.41) is 0. The van der Waals surface area contributed by atoms with Gasteiger partial charge in [-0.3, -0.25) is 0 Å². The van der Waals surface area contributed by atoms with Gasteiger partial charge in [-0.05, 0) is 37.6 Å². The Balaban J connectivity index is 0.000000209. The number of hydrogen-bond acceptors (Lipinski definition) is 1. The number of halogens is 3. The van der Waals surface area contributed by atoms with Gasteiger partial charge < -0.3 is 4.74 Å². The van der Waals surface area contributed by atoms with E-state index in [1.807, 2.05) is 45.2 Å². The molecule has 0 N–H and O–H groups in total. The molecule has 0 radical (unpaired) electrons. The number of hydrogen-bond donors (Lipinski definition) is 0. The Kier molecular flexibility index (Phi) is 7.24. The summed E-state index contributed by atoms with van der Waals surface area (Å²) in [6.45, 7) is 14.5. The van der Waals surface area contributed by atoms with Crippen LogP contribution in [0.25, 0.3) is 17.1 Å². The predicted octanol–water partition coefficient (Wildman–Crippen LogP) is 5.58. The van der Waals surface area contributed by atoms with Crippen LogP contribution in [-0.4, -0.2) is 11.2 Å². The molecule has 34 heavy (non-hydrogen) atoms. The molecular weight excluding hydrogens is 439 g/mol. The van der Waals surface area contributed by atoms with E-state index in [2.05, 4.69) is 11.1 Å². The van der Waals surface area contributed by atoms with Crippen molar-refractivity contribution >= 4 is 5.76 Å². The number of ether oxygens (including phenoxy) is 1. The van der Waals surface area contributed by atoms with Crippen molar-refractivity contribution in [2.24, 2.45) is 7.05 Å². The third-order valence-corrected chi connectivity index (χ3v) is 6.88. The summed E-state index contributed by atoms with van der Waals surface area (Å²) in [6.07, 6.45) is 5.76. The van der Waals surface area contributed by atoms with E-state index in [0.29, 0.717) is 17.8 Å². The Labute approximate surface area is 199 Å². The first kappa shape index (κ1) is 25.5. The van der Waals surface area contributed by atoms with Gasteiger partial charge in [0, 0.05) is 25.1 Å². The van der Waals surface area contributed by atoms with E-state index in [4.69, 9.17) is 4.74 Å². The van der Waals surface area contributed by atoms with Crippen molar-refractivity contribution in [1.82, 2.24) is 4.57 Å². The van der Waals surface area contributed by atoms with E-state index in [0.717, 1.165) is 30.7 Å². The maximum Gasteiger partial charge on any atom is 0.294 e. The van der Waals surface area contributed by atoms with Gasteiger partial charge in [-0.15, -0.1) is 0 Å². The highest BCUT2D eigenvalue weighted by Gasteiger charge is 2.57. The summed E-state index contributed by atoms with van der Waals surface area (Å²) < 4.78 is 54.2. The third kappa shape index (κ3) is 4.01. The Morgan fingerprint density at radius 2 is 1.85 bits per heavy atom. The van der Waals surface area contributed by atoms with Crippen LogP contribution in [0.3, 0.4) is 0 Å². The molecule has 0 saturated carbocycles. The van der Waals surface area contributed by atoms with E-state index >= 15 is 4.39 Å². The normalized spacial score (nSPS) is 22.1. The van der Waals surface area contributed by atoms with Crippen LogP contribution in [-0.2, 0) is 29.5 Å². The molecule has 2 unspecified atom stereocenters. The lowest BCUT2D eigenvalue weighted by atomic mass is 9.68. The first-order valence-electron chi connectivity index (χ1n) is 11.7. The molecule has 0 amide bonds. The number of benzene rings is 1. The number of rotatable bonds is 1. The molecule has 2 aliphatic rings. The lowest BCUT2D eigenvalue weighted by Gasteiger charge is -2.42. The topological polar surface area (TPSA) is 21.9 Å². The monoisotopic (exact) mass is 473 g/mol. The number of aromatic nitrogens is 3. The summed E-state index contributed by atoms with van der Waals surface area (Å²) >= 11 is 0. The molecule has 0 bridgehead atoms. The average molecular weight is 474 g/mol. The number of pyridine rings is 1. The Morgan fingerprint density at radius 3 is 2.50 bits per heavy atom. The Morgan fingerprint density at radius 1 is 1.15 bits per heavy atom. The van der Waals surface area contributed by atoms with E-state index in [1.165, 1.54) is 17.6 Å². The zero-order valence-electron chi connectivity index (χ0n) is 20.8. The lowest BCUT2D eigenvalue weighted by Crippen LogP contribution is -2.51. The van der Waals surface area contributed by atoms with Crippen LogP contribution in [0.15, 0.2) is 55.5 Å². The van der Waals surface area contributed by atoms with Crippen LogP contribution >= 0.6 is 0 Å². The third-order valence-electron chi connectivity index (χ3n) is 6.88. The molecule has 7 heteroatoms. The van der Waals surface area contributed by atoms with Gasteiger partial charge in [-0.2, -0.15) is 13.5 Å². The SMILES string of the molecule is C=C1OCC[n+]2ccccc21.CC.CCC1(C)c2cc(F)cc(F)c2-c2n(cc[n+]2C)C1(C)F. The smallest absolute Gasteiger partial charge is 0.294 e. The zero-order valence-corrected chi connectivity index (χ0v) is 20.8. The van der Waals surface area contributed by atoms with Crippen molar-refractivity contribution in [3.8, 4) is 11.4 Å². The molecule has 0 fully saturated rings. The standard InChI is InChI=1S/C16H18F3N2.C9H10NO.C2H6/c1-5-15(2)11-8-10(17)9-12(18)13(11)14-20(4)6-7-21(14)16(15,3)19;1-8-9-4-2-3-5-10(9)6-7-11-8;1-2/h6-9H,5H2,1-4H3;2-5H,1,6-7H2;1-2H3/q2*+1;. The van der Waals surface area contributed by atoms with E-state index in [1.54, 1.807) is 30.9 Å². The fraction of sp³-hybridized carbons (Fsp3) is 0.407. The molecule has 2 aromatic heterocycles. The maximum atomic E-state index is 15.6. The molecule has 4 heterocycles. The fourth-order valence-corrected chi connectivity index (χ4v) is 4.64. The molecule has 4 nitrogen and oxygen atoms in total. The predicted molar refractivity (Wildman–Crippen MR) is 126 cm³/mol. The maximum absolute atomic E-state index is 15.6. The second kappa shape index (κ2) is 9.65. The van der Waals surface area contributed by atoms with Gasteiger partial charge in [0.05, 0.1) is 12.5 Å². The number of aryl methyl sites for hydroxylation is 1. The molecule has 2 aliphatic heterocycles. The molecule has 0 spiro atoms. The largest absolute Gasteiger partial charge is 0.481 e. The highest BCUT2D eigenvalue weighted by Crippen LogP contribution is 2.52. The second-order valence-corrected chi connectivity index (χ2v) is 8.60. The minimum Gasteiger partial charge on any atom is -0.481 e. The molecule has 5 rings (SSSR count). The average Bonchev–Trinajstić information content (AvgIpc) is 3.21. The van der Waals surface area contributed by atoms with Crippen LogP contribution < -0.4 is 9.13 Å². The van der Waals surface area contributed by atoms with E-state index < -0.39 is 22.8 Å². The summed E-state index contributed by atoms with van der Waals surface area (Å²) in [4.78, 5) is 0. The first-order valence-corrected chi connectivity index (χ1v) is 11.7. The van der Waals surface area contributed by atoms with Crippen molar-refractivity contribution in [1.29, 1.82) is 0 Å². The van der Waals surface area contributed by atoms with Crippen molar-refractivity contribution < 1.29 is 27.0 Å². The summed E-state index contributed by atoms with van der Waals surface area (Å²) in [5.74, 6) is -1.92. The van der Waals surface area contributed by atoms with Crippen molar-refractivity contribution in [3.63, 3.8) is 0 Å². The fourth-order valence-electron chi connectivity index (χ4n) is 4.64. The number of imidazole rings is 1. The van der Waals surface area contributed by atoms with Gasteiger partial charge in [0.25, 0.3) is 11.6 Å². The van der Waals surface area contributed by atoms with Crippen molar-refractivity contribution in [2.75, 3.05) is 6.61 Å². The molecule has 3 aromatic rings. The van der Waals surface area contributed by atoms with Crippen molar-refractivity contribution in [2.45, 2.75) is 58.8 Å². The van der Waals surface area contributed by atoms with Gasteiger partial charge in [0.2, 0.25) is 5.69 Å². The van der Waals surface area contributed by atoms with Crippen molar-refractivity contribution in [3.05, 3.63) is 78.4 Å². The van der Waals surface area contributed by atoms with Gasteiger partial charge in [-0.25, -0.2) is 13.3 Å². The van der Waals surface area contributed by atoms with E-state index in [-0.39, 0.29) is 5.56 Å². The number of fused-ring (bicyclic) bond motifs is 4. The van der Waals surface area contributed by atoms with Crippen LogP contribution in [0.4, 0.5) is 13.2 Å². The molecular formula is C27H34F3N3O+2. The van der Waals surface area contributed by atoms with E-state index in [9.17, 15) is 8.78 Å². The van der Waals surface area contributed by atoms with Crippen LogP contribution in [0.1, 0.15) is 52.3 Å². The molecule has 2 atom stereocenters. The molecule has 182 valence electrons. The summed E-state index contributed by atoms with van der Waals surface area (Å²) in [6, 6.07) is 8.14. The highest BCUT2D eigenvalue weighted by atomic mass is 19.1. The first-order chi connectivity index (χ1) is 16.1. The van der Waals surface area contributed by atoms with Gasteiger partial charge >= 0.3 is 0 Å². The van der Waals surface area contributed by atoms with Gasteiger partial charge in [-0.1, -0.05) is 20.8 Å². The van der Waals surface area contributed by atoms with Gasteiger partial charge in [0.1, 0.15) is 36.2 Å². The highest BCUT2D eigenvalue weighted by molar-refractivity contribution is 5.65. The number of alkyl halides is 1. The molecule has 1 aromatic carbocycles. The second-order valence-electron chi connectivity index (χ2n) is 8.60. The Hall–Kier alpha value is -3.09. The summed E-state index contributed by atoms with van der Waals surface area (Å²) in [5.41, 5.74) is 0.737. The van der Waals surface area contributed by atoms with Crippen LogP contribution in [0, 0.1) is 11.6 Å². The zero-order chi connectivity index (χ0) is 25.3. The minimum atomic E-state index is -1.77. The Bertz CT molecular complexity index is 1200. The minimum absolute atomic E-state index is 0.281. The van der Waals surface area contributed by atoms with Crippen LogP contribution in [0.5, 0.6) is 0 Å². The van der Waals surface area contributed by atoms with Crippen LogP contribution in [0.2, 0.25) is 0 Å². The molecule has 0 aliphatic carbocycles.